The molecule has 8 heteroatoms. The number of aliphatic hydroxyl groups excluding tert-OH is 1. The van der Waals surface area contributed by atoms with Crippen LogP contribution in [0.3, 0.4) is 0 Å². The van der Waals surface area contributed by atoms with Crippen LogP contribution in [0.5, 0.6) is 5.75 Å². The maximum atomic E-state index is 10.6. The second kappa shape index (κ2) is 15.1. The van der Waals surface area contributed by atoms with Gasteiger partial charge < -0.3 is 25.6 Å². The normalized spacial score (nSPS) is 16.0. The van der Waals surface area contributed by atoms with E-state index in [9.17, 15) is 9.90 Å². The van der Waals surface area contributed by atoms with Crippen LogP contribution in [0.4, 0.5) is 0 Å². The number of aryl methyl sites for hydroxylation is 1. The topological polar surface area (TPSA) is 90.8 Å². The summed E-state index contributed by atoms with van der Waals surface area (Å²) in [6.45, 7) is 1.92. The number of hydrogen-bond acceptors (Lipinski definition) is 5. The zero-order valence-corrected chi connectivity index (χ0v) is 19.8. The van der Waals surface area contributed by atoms with E-state index in [4.69, 9.17) is 9.84 Å². The highest BCUT2D eigenvalue weighted by atomic mass is 35.5. The Kier molecular flexibility index (Phi) is 13.3. The van der Waals surface area contributed by atoms with Crippen molar-refractivity contribution in [3.05, 3.63) is 65.2 Å². The van der Waals surface area contributed by atoms with Crippen LogP contribution in [0.2, 0.25) is 0 Å². The number of halogens is 2. The summed E-state index contributed by atoms with van der Waals surface area (Å²) in [5.41, 5.74) is 3.91. The van der Waals surface area contributed by atoms with E-state index in [0.717, 1.165) is 31.4 Å². The lowest BCUT2D eigenvalue weighted by Crippen LogP contribution is -2.39. The van der Waals surface area contributed by atoms with Crippen LogP contribution in [0.1, 0.15) is 36.0 Å². The Morgan fingerprint density at radius 2 is 1.91 bits per heavy atom. The molecule has 2 atom stereocenters. The fourth-order valence-electron chi connectivity index (χ4n) is 3.80. The summed E-state index contributed by atoms with van der Waals surface area (Å²) >= 11 is 0. The van der Waals surface area contributed by atoms with Gasteiger partial charge >= 0.3 is 5.97 Å². The van der Waals surface area contributed by atoms with Crippen LogP contribution in [0.15, 0.2) is 48.5 Å². The summed E-state index contributed by atoms with van der Waals surface area (Å²) in [4.78, 5) is 10.6. The fraction of sp³-hybridized carbons (Fsp3) is 0.458. The molecule has 0 fully saturated rings. The molecule has 0 aromatic heterocycles. The molecule has 4 N–H and O–H groups in total. The molecule has 0 amide bonds. The summed E-state index contributed by atoms with van der Waals surface area (Å²) < 4.78 is 5.63. The number of carboxylic acid groups (broad SMARTS) is 1. The second-order valence-electron chi connectivity index (χ2n) is 7.90. The Morgan fingerprint density at radius 3 is 2.66 bits per heavy atom. The molecule has 32 heavy (non-hydrogen) atoms. The lowest BCUT2D eigenvalue weighted by atomic mass is 9.99. The molecule has 1 aliphatic rings. The molecule has 0 aliphatic heterocycles. The Morgan fingerprint density at radius 1 is 1.12 bits per heavy atom. The van der Waals surface area contributed by atoms with Crippen molar-refractivity contribution >= 4 is 30.8 Å². The van der Waals surface area contributed by atoms with Crippen LogP contribution < -0.4 is 15.4 Å². The van der Waals surface area contributed by atoms with Gasteiger partial charge in [0.15, 0.2) is 0 Å². The van der Waals surface area contributed by atoms with Gasteiger partial charge in [-0.2, -0.15) is 0 Å². The van der Waals surface area contributed by atoms with E-state index >= 15 is 0 Å². The number of rotatable bonds is 11. The number of hydrogen-bond donors (Lipinski definition) is 4. The van der Waals surface area contributed by atoms with E-state index in [1.807, 2.05) is 30.3 Å². The van der Waals surface area contributed by atoms with E-state index in [2.05, 4.69) is 28.8 Å². The van der Waals surface area contributed by atoms with Crippen molar-refractivity contribution in [3.63, 3.8) is 0 Å². The molecule has 2 aromatic rings. The van der Waals surface area contributed by atoms with Crippen molar-refractivity contribution in [2.75, 3.05) is 19.7 Å². The Hall–Kier alpha value is -1.83. The average molecular weight is 485 g/mol. The molecule has 3 rings (SSSR count). The minimum atomic E-state index is -0.783. The Labute approximate surface area is 202 Å². The van der Waals surface area contributed by atoms with Crippen molar-refractivity contribution in [1.82, 2.24) is 10.6 Å². The van der Waals surface area contributed by atoms with Crippen LogP contribution in [-0.2, 0) is 24.2 Å². The first kappa shape index (κ1) is 28.2. The lowest BCUT2D eigenvalue weighted by molar-refractivity contribution is -0.136. The molecule has 2 aromatic carbocycles. The summed E-state index contributed by atoms with van der Waals surface area (Å²) in [5.74, 6) is -0.0147. The number of aliphatic hydroxyl groups is 1. The van der Waals surface area contributed by atoms with Crippen LogP contribution in [0, 0.1) is 0 Å². The molecule has 6 nitrogen and oxygen atoms in total. The van der Waals surface area contributed by atoms with E-state index in [0.29, 0.717) is 25.7 Å². The lowest BCUT2D eigenvalue weighted by Gasteiger charge is -2.20. The number of benzene rings is 2. The summed E-state index contributed by atoms with van der Waals surface area (Å²) in [6.07, 6.45) is 3.78. The van der Waals surface area contributed by atoms with Crippen LogP contribution in [-0.4, -0.2) is 48.0 Å². The highest BCUT2D eigenvalue weighted by Gasteiger charge is 2.18. The molecular weight excluding hydrogens is 451 g/mol. The third-order valence-corrected chi connectivity index (χ3v) is 5.41. The van der Waals surface area contributed by atoms with Gasteiger partial charge in [0.25, 0.3) is 0 Å². The number of fused-ring (bicyclic) bond motifs is 1. The van der Waals surface area contributed by atoms with Crippen molar-refractivity contribution in [1.29, 1.82) is 0 Å². The second-order valence-corrected chi connectivity index (χ2v) is 7.90. The number of carbonyl (C=O) groups is 1. The maximum Gasteiger partial charge on any atom is 0.304 e. The summed E-state index contributed by atoms with van der Waals surface area (Å²) in [7, 11) is 0. The molecule has 0 radical (unpaired) electrons. The fourth-order valence-corrected chi connectivity index (χ4v) is 3.80. The molecule has 178 valence electrons. The Balaban J connectivity index is 0.00000256. The van der Waals surface area contributed by atoms with Gasteiger partial charge in [-0.05, 0) is 54.5 Å². The molecule has 0 heterocycles. The van der Waals surface area contributed by atoms with Gasteiger partial charge in [0.1, 0.15) is 18.5 Å². The highest BCUT2D eigenvalue weighted by molar-refractivity contribution is 5.85. The van der Waals surface area contributed by atoms with Crippen molar-refractivity contribution in [2.24, 2.45) is 0 Å². The molecular formula is C24H34Cl2N2O4. The first-order valence-corrected chi connectivity index (χ1v) is 10.7. The molecule has 1 aliphatic carbocycles. The van der Waals surface area contributed by atoms with Gasteiger partial charge in [-0.1, -0.05) is 36.4 Å². The molecule has 0 bridgehead atoms. The summed E-state index contributed by atoms with van der Waals surface area (Å²) in [5, 5.41) is 25.7. The zero-order chi connectivity index (χ0) is 21.2. The molecule has 0 saturated heterocycles. The first-order chi connectivity index (χ1) is 14.6. The van der Waals surface area contributed by atoms with Crippen molar-refractivity contribution in [3.8, 4) is 5.75 Å². The molecule has 1 unspecified atom stereocenters. The van der Waals surface area contributed by atoms with Gasteiger partial charge in [-0.25, -0.2) is 0 Å². The quantitative estimate of drug-likeness (QED) is 0.288. The molecule has 0 saturated carbocycles. The predicted octanol–water partition coefficient (Wildman–Crippen LogP) is 3.37. The van der Waals surface area contributed by atoms with Gasteiger partial charge in [0, 0.05) is 25.7 Å². The predicted molar refractivity (Wildman–Crippen MR) is 131 cm³/mol. The van der Waals surface area contributed by atoms with E-state index in [-0.39, 0.29) is 37.8 Å². The minimum absolute atomic E-state index is 0. The van der Waals surface area contributed by atoms with Gasteiger partial charge in [-0.3, -0.25) is 4.79 Å². The van der Waals surface area contributed by atoms with Crippen molar-refractivity contribution in [2.45, 2.75) is 50.8 Å². The number of aliphatic carboxylic acids is 1. The minimum Gasteiger partial charge on any atom is -0.491 e. The third kappa shape index (κ3) is 9.76. The standard InChI is InChI=1S/C24H32N2O4.2ClH/c27-22(17-30-23-7-2-1-3-8-23)16-26-21-6-4-5-19-10-9-18(13-20(19)14-21)15-25-12-11-24(28)29;;/h1-3,7-10,13,21-22,25-27H,4-6,11-12,14-17H2,(H,28,29);2*1H/t21?,22-;;/m0../s1. The van der Waals surface area contributed by atoms with Gasteiger partial charge in [-0.15, -0.1) is 24.8 Å². The van der Waals surface area contributed by atoms with Crippen LogP contribution >= 0.6 is 24.8 Å². The van der Waals surface area contributed by atoms with Gasteiger partial charge in [0.05, 0.1) is 6.42 Å². The van der Waals surface area contributed by atoms with Crippen LogP contribution in [0.25, 0.3) is 0 Å². The smallest absolute Gasteiger partial charge is 0.304 e. The zero-order valence-electron chi connectivity index (χ0n) is 18.2. The number of ether oxygens (including phenoxy) is 1. The SMILES string of the molecule is Cl.Cl.O=C(O)CCNCc1ccc2c(c1)CC(NC[C@H](O)COc1ccccc1)CCC2. The first-order valence-electron chi connectivity index (χ1n) is 10.7. The Bertz CT molecular complexity index is 808. The van der Waals surface area contributed by atoms with E-state index < -0.39 is 12.1 Å². The number of carboxylic acids is 1. The maximum absolute atomic E-state index is 10.6. The summed E-state index contributed by atoms with van der Waals surface area (Å²) in [6, 6.07) is 16.4. The third-order valence-electron chi connectivity index (χ3n) is 5.41. The monoisotopic (exact) mass is 484 g/mol. The van der Waals surface area contributed by atoms with E-state index in [1.165, 1.54) is 16.7 Å². The van der Waals surface area contributed by atoms with E-state index in [1.54, 1.807) is 0 Å². The highest BCUT2D eigenvalue weighted by Crippen LogP contribution is 2.22. The number of nitrogens with one attached hydrogen (secondary N) is 2. The number of para-hydroxylation sites is 1. The van der Waals surface area contributed by atoms with Gasteiger partial charge in [0.2, 0.25) is 0 Å². The molecule has 0 spiro atoms. The average Bonchev–Trinajstić information content (AvgIpc) is 2.96. The largest absolute Gasteiger partial charge is 0.491 e. The van der Waals surface area contributed by atoms with Crippen molar-refractivity contribution < 1.29 is 19.7 Å².